The molecule has 0 aliphatic carbocycles. The topological polar surface area (TPSA) is 136 Å². The predicted octanol–water partition coefficient (Wildman–Crippen LogP) is 2.08. The zero-order valence-electron chi connectivity index (χ0n) is 12.3. The van der Waals surface area contributed by atoms with Crippen molar-refractivity contribution in [3.05, 3.63) is 42.5 Å². The van der Waals surface area contributed by atoms with Gasteiger partial charge in [0.25, 0.3) is 0 Å². The van der Waals surface area contributed by atoms with Crippen molar-refractivity contribution in [3.63, 3.8) is 0 Å². The molecular formula is C15H16N6O2. The standard InChI is InChI=1S/C11H11N5.C4H5NO2/c12-10-7-6-9(11(13)14-10)16-15-8-4-2-1-3-5-8;6-3-1-2-4(7)5-3/h1-7H,(H4,12,13,14);1-2H2,(H,5,6,7). The second-order valence-electron chi connectivity index (χ2n) is 4.65. The number of carbonyl (C=O) groups is 2. The van der Waals surface area contributed by atoms with E-state index in [9.17, 15) is 9.59 Å². The van der Waals surface area contributed by atoms with Gasteiger partial charge in [0.05, 0.1) is 5.69 Å². The molecule has 2 heterocycles. The normalized spacial score (nSPS) is 13.6. The Morgan fingerprint density at radius 2 is 1.57 bits per heavy atom. The van der Waals surface area contributed by atoms with Crippen molar-refractivity contribution in [2.75, 3.05) is 11.5 Å². The van der Waals surface area contributed by atoms with Gasteiger partial charge in [-0.05, 0) is 24.3 Å². The SMILES string of the molecule is Nc1ccc(N=Nc2ccccc2)c(N)n1.O=C1CCC(=O)N1. The number of imide groups is 1. The molecule has 8 heteroatoms. The highest BCUT2D eigenvalue weighted by Crippen LogP contribution is 2.23. The fourth-order valence-electron chi connectivity index (χ4n) is 1.68. The molecule has 2 aromatic rings. The summed E-state index contributed by atoms with van der Waals surface area (Å²) in [4.78, 5) is 24.1. The zero-order chi connectivity index (χ0) is 16.7. The molecule has 0 bridgehead atoms. The highest BCUT2D eigenvalue weighted by Gasteiger charge is 2.15. The van der Waals surface area contributed by atoms with E-state index in [4.69, 9.17) is 11.5 Å². The summed E-state index contributed by atoms with van der Waals surface area (Å²) in [5.74, 6) is 0.353. The van der Waals surface area contributed by atoms with E-state index in [1.54, 1.807) is 12.1 Å². The monoisotopic (exact) mass is 312 g/mol. The third-order valence-electron chi connectivity index (χ3n) is 2.81. The molecule has 1 aliphatic rings. The summed E-state index contributed by atoms with van der Waals surface area (Å²) >= 11 is 0. The van der Waals surface area contributed by atoms with Crippen molar-refractivity contribution in [2.45, 2.75) is 12.8 Å². The lowest BCUT2D eigenvalue weighted by molar-refractivity contribution is -0.124. The van der Waals surface area contributed by atoms with Gasteiger partial charge in [0.15, 0.2) is 5.82 Å². The first-order chi connectivity index (χ1) is 11.0. The van der Waals surface area contributed by atoms with Crippen LogP contribution in [-0.4, -0.2) is 16.8 Å². The van der Waals surface area contributed by atoms with Crippen molar-refractivity contribution >= 4 is 34.8 Å². The van der Waals surface area contributed by atoms with Crippen LogP contribution in [0.25, 0.3) is 0 Å². The molecule has 1 aliphatic heterocycles. The number of carbonyl (C=O) groups excluding carboxylic acids is 2. The van der Waals surface area contributed by atoms with Crippen molar-refractivity contribution in [2.24, 2.45) is 10.2 Å². The van der Waals surface area contributed by atoms with E-state index in [0.717, 1.165) is 5.69 Å². The molecule has 0 saturated carbocycles. The molecule has 0 radical (unpaired) electrons. The van der Waals surface area contributed by atoms with Gasteiger partial charge in [-0.1, -0.05) is 18.2 Å². The molecule has 1 aromatic heterocycles. The minimum Gasteiger partial charge on any atom is -0.384 e. The van der Waals surface area contributed by atoms with Crippen LogP contribution < -0.4 is 16.8 Å². The fraction of sp³-hybridized carbons (Fsp3) is 0.133. The molecule has 5 N–H and O–H groups in total. The Morgan fingerprint density at radius 1 is 0.913 bits per heavy atom. The van der Waals surface area contributed by atoms with Crippen LogP contribution >= 0.6 is 0 Å². The smallest absolute Gasteiger partial charge is 0.227 e. The number of amides is 2. The van der Waals surface area contributed by atoms with Crippen LogP contribution in [0.2, 0.25) is 0 Å². The lowest BCUT2D eigenvalue weighted by Crippen LogP contribution is -2.18. The summed E-state index contributed by atoms with van der Waals surface area (Å²) < 4.78 is 0. The maximum Gasteiger partial charge on any atom is 0.227 e. The molecule has 0 unspecified atom stereocenters. The van der Waals surface area contributed by atoms with Crippen LogP contribution in [0, 0.1) is 0 Å². The number of nitrogens with one attached hydrogen (secondary N) is 1. The van der Waals surface area contributed by atoms with E-state index in [0.29, 0.717) is 24.3 Å². The third-order valence-corrected chi connectivity index (χ3v) is 2.81. The second-order valence-corrected chi connectivity index (χ2v) is 4.65. The Labute approximate surface area is 132 Å². The van der Waals surface area contributed by atoms with Crippen LogP contribution in [0.15, 0.2) is 52.7 Å². The summed E-state index contributed by atoms with van der Waals surface area (Å²) in [5.41, 5.74) is 12.4. The number of rotatable bonds is 2. The summed E-state index contributed by atoms with van der Waals surface area (Å²) in [6.45, 7) is 0. The number of hydrogen-bond acceptors (Lipinski definition) is 7. The summed E-state index contributed by atoms with van der Waals surface area (Å²) in [6, 6.07) is 12.7. The minimum absolute atomic E-state index is 0.148. The summed E-state index contributed by atoms with van der Waals surface area (Å²) in [6.07, 6.45) is 0.748. The molecule has 118 valence electrons. The quantitative estimate of drug-likeness (QED) is 0.576. The lowest BCUT2D eigenvalue weighted by atomic mass is 10.3. The molecule has 3 rings (SSSR count). The number of hydrogen-bond donors (Lipinski definition) is 3. The lowest BCUT2D eigenvalue weighted by Gasteiger charge is -1.98. The van der Waals surface area contributed by atoms with Crippen LogP contribution in [0.1, 0.15) is 12.8 Å². The second kappa shape index (κ2) is 7.64. The number of nitrogens with two attached hydrogens (primary N) is 2. The van der Waals surface area contributed by atoms with Crippen LogP contribution in [-0.2, 0) is 9.59 Å². The number of benzene rings is 1. The Balaban J connectivity index is 0.000000229. The average molecular weight is 312 g/mol. The van der Waals surface area contributed by atoms with Gasteiger partial charge in [-0.3, -0.25) is 14.9 Å². The molecule has 1 aromatic carbocycles. The highest BCUT2D eigenvalue weighted by atomic mass is 16.2. The van der Waals surface area contributed by atoms with Gasteiger partial charge in [-0.15, -0.1) is 5.11 Å². The van der Waals surface area contributed by atoms with Crippen molar-refractivity contribution < 1.29 is 9.59 Å². The maximum absolute atomic E-state index is 10.1. The molecular weight excluding hydrogens is 296 g/mol. The number of aromatic nitrogens is 1. The molecule has 0 spiro atoms. The minimum atomic E-state index is -0.148. The summed E-state index contributed by atoms with van der Waals surface area (Å²) in [7, 11) is 0. The Morgan fingerprint density at radius 3 is 2.09 bits per heavy atom. The number of azo groups is 1. The number of pyridine rings is 1. The maximum atomic E-state index is 10.1. The van der Waals surface area contributed by atoms with E-state index >= 15 is 0 Å². The molecule has 0 atom stereocenters. The first-order valence-corrected chi connectivity index (χ1v) is 6.86. The highest BCUT2D eigenvalue weighted by molar-refractivity contribution is 6.01. The van der Waals surface area contributed by atoms with E-state index in [1.807, 2.05) is 30.3 Å². The zero-order valence-corrected chi connectivity index (χ0v) is 12.3. The first kappa shape index (κ1) is 16.1. The Hall–Kier alpha value is -3.29. The summed E-state index contributed by atoms with van der Waals surface area (Å²) in [5, 5.41) is 10.2. The van der Waals surface area contributed by atoms with E-state index in [2.05, 4.69) is 20.5 Å². The van der Waals surface area contributed by atoms with Gasteiger partial charge < -0.3 is 11.5 Å². The molecule has 8 nitrogen and oxygen atoms in total. The van der Waals surface area contributed by atoms with Crippen molar-refractivity contribution in [3.8, 4) is 0 Å². The molecule has 2 amide bonds. The van der Waals surface area contributed by atoms with Crippen molar-refractivity contribution in [1.82, 2.24) is 10.3 Å². The van der Waals surface area contributed by atoms with Gasteiger partial charge in [-0.25, -0.2) is 4.98 Å². The van der Waals surface area contributed by atoms with Crippen LogP contribution in [0.3, 0.4) is 0 Å². The van der Waals surface area contributed by atoms with Gasteiger partial charge in [0, 0.05) is 12.8 Å². The van der Waals surface area contributed by atoms with Crippen LogP contribution in [0.4, 0.5) is 23.0 Å². The van der Waals surface area contributed by atoms with Gasteiger partial charge >= 0.3 is 0 Å². The number of anilines is 2. The number of nitrogen functional groups attached to an aromatic ring is 2. The molecule has 1 fully saturated rings. The largest absolute Gasteiger partial charge is 0.384 e. The average Bonchev–Trinajstić information content (AvgIpc) is 2.91. The molecule has 23 heavy (non-hydrogen) atoms. The molecule has 1 saturated heterocycles. The van der Waals surface area contributed by atoms with E-state index in [-0.39, 0.29) is 17.6 Å². The van der Waals surface area contributed by atoms with Crippen molar-refractivity contribution in [1.29, 1.82) is 0 Å². The first-order valence-electron chi connectivity index (χ1n) is 6.86. The van der Waals surface area contributed by atoms with Gasteiger partial charge in [0.1, 0.15) is 11.5 Å². The van der Waals surface area contributed by atoms with Crippen LogP contribution in [0.5, 0.6) is 0 Å². The van der Waals surface area contributed by atoms with E-state index in [1.165, 1.54) is 0 Å². The van der Waals surface area contributed by atoms with Gasteiger partial charge in [0.2, 0.25) is 11.8 Å². The van der Waals surface area contributed by atoms with E-state index < -0.39 is 0 Å². The Bertz CT molecular complexity index is 716. The predicted molar refractivity (Wildman–Crippen MR) is 86.1 cm³/mol. The Kier molecular flexibility index (Phi) is 5.35. The van der Waals surface area contributed by atoms with Gasteiger partial charge in [-0.2, -0.15) is 5.11 Å². The third kappa shape index (κ3) is 5.20. The fourth-order valence-corrected chi connectivity index (χ4v) is 1.68. The number of nitrogens with zero attached hydrogens (tertiary/aromatic N) is 3.